The number of ether oxygens (including phenoxy) is 1. The van der Waals surface area contributed by atoms with Gasteiger partial charge in [-0.3, -0.25) is 4.79 Å². The third-order valence-electron chi connectivity index (χ3n) is 4.38. The number of thiophene rings is 1. The maximum Gasteiger partial charge on any atom is 0.262 e. The zero-order chi connectivity index (χ0) is 19.3. The van der Waals surface area contributed by atoms with Crippen LogP contribution in [-0.4, -0.2) is 44.9 Å². The van der Waals surface area contributed by atoms with Crippen molar-refractivity contribution >= 4 is 27.3 Å². The minimum atomic E-state index is -3.59. The Balaban J connectivity index is 1.51. The normalized spacial score (nSPS) is 15.0. The second kappa shape index (κ2) is 8.86. The van der Waals surface area contributed by atoms with E-state index in [1.807, 2.05) is 31.2 Å². The zero-order valence-corrected chi connectivity index (χ0v) is 16.9. The van der Waals surface area contributed by atoms with Gasteiger partial charge in [-0.25, -0.2) is 8.42 Å². The van der Waals surface area contributed by atoms with Gasteiger partial charge < -0.3 is 10.1 Å². The molecule has 0 aliphatic carbocycles. The first-order chi connectivity index (χ1) is 13.0. The molecule has 1 N–H and O–H groups in total. The van der Waals surface area contributed by atoms with Crippen LogP contribution in [0.1, 0.15) is 34.5 Å². The van der Waals surface area contributed by atoms with Gasteiger partial charge in [0.1, 0.15) is 15.5 Å². The molecule has 0 atom stereocenters. The van der Waals surface area contributed by atoms with Gasteiger partial charge in [-0.2, -0.15) is 4.31 Å². The highest BCUT2D eigenvalue weighted by Crippen LogP contribution is 2.27. The summed E-state index contributed by atoms with van der Waals surface area (Å²) in [6.45, 7) is 3.95. The Morgan fingerprint density at radius 2 is 2.04 bits per heavy atom. The van der Waals surface area contributed by atoms with Crippen molar-refractivity contribution in [3.63, 3.8) is 0 Å². The Kier molecular flexibility index (Phi) is 6.51. The standard InChI is InChI=1S/C19H24N2O4S2/c1-15-6-4-7-16(14-15)25-12-5-9-20-19(22)18-17(8-13-26-18)27(23,24)21-10-2-3-11-21/h4,6-8,13-14H,2-3,5,9-12H2,1H3,(H,20,22). The first-order valence-electron chi connectivity index (χ1n) is 9.04. The van der Waals surface area contributed by atoms with Crippen LogP contribution in [0.15, 0.2) is 40.6 Å². The molecule has 1 fully saturated rings. The largest absolute Gasteiger partial charge is 0.494 e. The molecule has 0 bridgehead atoms. The molecule has 146 valence electrons. The number of rotatable bonds is 8. The molecule has 0 unspecified atom stereocenters. The molecule has 1 aromatic heterocycles. The van der Waals surface area contributed by atoms with Crippen LogP contribution in [0.25, 0.3) is 0 Å². The first-order valence-corrected chi connectivity index (χ1v) is 11.4. The van der Waals surface area contributed by atoms with Crippen molar-refractivity contribution in [1.82, 2.24) is 9.62 Å². The summed E-state index contributed by atoms with van der Waals surface area (Å²) in [7, 11) is -3.59. The van der Waals surface area contributed by atoms with Crippen molar-refractivity contribution in [2.24, 2.45) is 0 Å². The Bertz CT molecular complexity index is 887. The van der Waals surface area contributed by atoms with Crippen LogP contribution in [0, 0.1) is 6.92 Å². The predicted molar refractivity (Wildman–Crippen MR) is 106 cm³/mol. The lowest BCUT2D eigenvalue weighted by atomic mass is 10.2. The predicted octanol–water partition coefficient (Wildman–Crippen LogP) is 3.04. The third kappa shape index (κ3) is 4.88. The molecule has 0 radical (unpaired) electrons. The topological polar surface area (TPSA) is 75.7 Å². The SMILES string of the molecule is Cc1cccc(OCCCNC(=O)c2sccc2S(=O)(=O)N2CCCC2)c1. The Hall–Kier alpha value is -1.90. The van der Waals surface area contributed by atoms with Crippen LogP contribution in [0.2, 0.25) is 0 Å². The Labute approximate surface area is 164 Å². The number of nitrogens with one attached hydrogen (secondary N) is 1. The van der Waals surface area contributed by atoms with Crippen LogP contribution >= 0.6 is 11.3 Å². The molecule has 0 saturated carbocycles. The summed E-state index contributed by atoms with van der Waals surface area (Å²) in [6, 6.07) is 9.31. The number of carbonyl (C=O) groups excluding carboxylic acids is 1. The number of amides is 1. The lowest BCUT2D eigenvalue weighted by Crippen LogP contribution is -2.31. The summed E-state index contributed by atoms with van der Waals surface area (Å²) in [5.74, 6) is 0.455. The van der Waals surface area contributed by atoms with Crippen molar-refractivity contribution < 1.29 is 17.9 Å². The number of nitrogens with zero attached hydrogens (tertiary/aromatic N) is 1. The average molecular weight is 409 g/mol. The number of sulfonamides is 1. The van der Waals surface area contributed by atoms with Gasteiger partial charge in [0.15, 0.2) is 0 Å². The van der Waals surface area contributed by atoms with Crippen molar-refractivity contribution in [1.29, 1.82) is 0 Å². The summed E-state index contributed by atoms with van der Waals surface area (Å²) in [6.07, 6.45) is 2.37. The van der Waals surface area contributed by atoms with Gasteiger partial charge in [0.25, 0.3) is 5.91 Å². The van der Waals surface area contributed by atoms with Gasteiger partial charge in [0.2, 0.25) is 10.0 Å². The molecule has 2 heterocycles. The van der Waals surface area contributed by atoms with Gasteiger partial charge in [-0.1, -0.05) is 12.1 Å². The second-order valence-electron chi connectivity index (χ2n) is 6.50. The fourth-order valence-electron chi connectivity index (χ4n) is 2.98. The van der Waals surface area contributed by atoms with Gasteiger partial charge in [-0.15, -0.1) is 11.3 Å². The number of benzene rings is 1. The highest BCUT2D eigenvalue weighted by Gasteiger charge is 2.31. The molecule has 6 nitrogen and oxygen atoms in total. The van der Waals surface area contributed by atoms with Crippen molar-refractivity contribution in [3.8, 4) is 5.75 Å². The van der Waals surface area contributed by atoms with E-state index in [2.05, 4.69) is 5.32 Å². The van der Waals surface area contributed by atoms with Crippen LogP contribution < -0.4 is 10.1 Å². The number of carbonyl (C=O) groups is 1. The zero-order valence-electron chi connectivity index (χ0n) is 15.3. The summed E-state index contributed by atoms with van der Waals surface area (Å²) < 4.78 is 32.5. The molecular formula is C19H24N2O4S2. The lowest BCUT2D eigenvalue weighted by Gasteiger charge is -2.15. The molecular weight excluding hydrogens is 384 g/mol. The van der Waals surface area contributed by atoms with E-state index in [4.69, 9.17) is 4.74 Å². The summed E-state index contributed by atoms with van der Waals surface area (Å²) in [4.78, 5) is 12.8. The van der Waals surface area contributed by atoms with Crippen LogP contribution in [0.5, 0.6) is 5.75 Å². The van der Waals surface area contributed by atoms with E-state index in [1.54, 1.807) is 5.38 Å². The lowest BCUT2D eigenvalue weighted by molar-refractivity contribution is 0.0952. The molecule has 1 aliphatic rings. The van der Waals surface area contributed by atoms with E-state index in [0.29, 0.717) is 32.7 Å². The van der Waals surface area contributed by atoms with Crippen LogP contribution in [0.3, 0.4) is 0 Å². The molecule has 27 heavy (non-hydrogen) atoms. The molecule has 2 aromatic rings. The smallest absolute Gasteiger partial charge is 0.262 e. The van der Waals surface area contributed by atoms with E-state index in [1.165, 1.54) is 10.4 Å². The van der Waals surface area contributed by atoms with E-state index < -0.39 is 10.0 Å². The Morgan fingerprint density at radius 3 is 2.78 bits per heavy atom. The third-order valence-corrected chi connectivity index (χ3v) is 7.37. The van der Waals surface area contributed by atoms with E-state index in [0.717, 1.165) is 35.5 Å². The number of hydrogen-bond donors (Lipinski definition) is 1. The van der Waals surface area contributed by atoms with E-state index in [-0.39, 0.29) is 15.7 Å². The van der Waals surface area contributed by atoms with Crippen molar-refractivity contribution in [2.75, 3.05) is 26.2 Å². The monoisotopic (exact) mass is 408 g/mol. The molecule has 3 rings (SSSR count). The number of hydrogen-bond acceptors (Lipinski definition) is 5. The molecule has 1 saturated heterocycles. The van der Waals surface area contributed by atoms with Crippen molar-refractivity contribution in [2.45, 2.75) is 31.1 Å². The highest BCUT2D eigenvalue weighted by molar-refractivity contribution is 7.89. The molecule has 8 heteroatoms. The maximum atomic E-state index is 12.7. The molecule has 1 amide bonds. The second-order valence-corrected chi connectivity index (χ2v) is 9.32. The van der Waals surface area contributed by atoms with Crippen molar-refractivity contribution in [3.05, 3.63) is 46.2 Å². The van der Waals surface area contributed by atoms with Gasteiger partial charge in [0, 0.05) is 19.6 Å². The summed E-state index contributed by atoms with van der Waals surface area (Å²) in [5.41, 5.74) is 1.13. The van der Waals surface area contributed by atoms with E-state index in [9.17, 15) is 13.2 Å². The highest BCUT2D eigenvalue weighted by atomic mass is 32.2. The van der Waals surface area contributed by atoms with Crippen LogP contribution in [0.4, 0.5) is 0 Å². The minimum Gasteiger partial charge on any atom is -0.494 e. The quantitative estimate of drug-likeness (QED) is 0.681. The fraction of sp³-hybridized carbons (Fsp3) is 0.421. The summed E-state index contributed by atoms with van der Waals surface area (Å²) >= 11 is 1.16. The summed E-state index contributed by atoms with van der Waals surface area (Å²) in [5, 5.41) is 4.45. The average Bonchev–Trinajstić information content (AvgIpc) is 3.33. The van der Waals surface area contributed by atoms with Crippen LogP contribution in [-0.2, 0) is 10.0 Å². The molecule has 0 spiro atoms. The minimum absolute atomic E-state index is 0.114. The first kappa shape index (κ1) is 19.9. The number of aryl methyl sites for hydroxylation is 1. The molecule has 1 aromatic carbocycles. The van der Waals surface area contributed by atoms with Gasteiger partial charge in [0.05, 0.1) is 6.61 Å². The fourth-order valence-corrected chi connectivity index (χ4v) is 5.82. The molecule has 1 aliphatic heterocycles. The maximum absolute atomic E-state index is 12.7. The van der Waals surface area contributed by atoms with E-state index >= 15 is 0 Å². The van der Waals surface area contributed by atoms with Gasteiger partial charge in [-0.05, 0) is 55.3 Å². The van der Waals surface area contributed by atoms with Gasteiger partial charge >= 0.3 is 0 Å². The Morgan fingerprint density at radius 1 is 1.26 bits per heavy atom.